The van der Waals surface area contributed by atoms with Crippen molar-refractivity contribution in [3.63, 3.8) is 0 Å². The van der Waals surface area contributed by atoms with Gasteiger partial charge >= 0.3 is 0 Å². The number of hydrogen-bond acceptors (Lipinski definition) is 6. The second-order valence-corrected chi connectivity index (χ2v) is 7.90. The van der Waals surface area contributed by atoms with Gasteiger partial charge in [-0.1, -0.05) is 18.2 Å². The van der Waals surface area contributed by atoms with Gasteiger partial charge < -0.3 is 14.5 Å². The van der Waals surface area contributed by atoms with E-state index in [0.29, 0.717) is 39.6 Å². The van der Waals surface area contributed by atoms with Crippen molar-refractivity contribution in [2.45, 2.75) is 4.90 Å². The summed E-state index contributed by atoms with van der Waals surface area (Å²) in [5.74, 6) is 1.27. The minimum Gasteiger partial charge on any atom is -0.497 e. The number of nitrogens with one attached hydrogen (secondary N) is 1. The van der Waals surface area contributed by atoms with Gasteiger partial charge in [0, 0.05) is 39.6 Å². The lowest BCUT2D eigenvalue weighted by Gasteiger charge is -2.09. The smallest absolute Gasteiger partial charge is 0.262 e. The zero-order chi connectivity index (χ0) is 21.3. The number of methoxy groups -OCH3 is 2. The van der Waals surface area contributed by atoms with Crippen LogP contribution in [0.1, 0.15) is 0 Å². The molecule has 4 aromatic rings. The molecule has 152 valence electrons. The molecule has 7 nitrogen and oxygen atoms in total. The van der Waals surface area contributed by atoms with Crippen molar-refractivity contribution in [2.75, 3.05) is 20.5 Å². The van der Waals surface area contributed by atoms with Crippen LogP contribution in [0.3, 0.4) is 0 Å². The molecule has 2 heterocycles. The third-order valence-electron chi connectivity index (χ3n) is 4.68. The molecule has 30 heavy (non-hydrogen) atoms. The number of aromatic amines is 1. The second kappa shape index (κ2) is 8.08. The summed E-state index contributed by atoms with van der Waals surface area (Å²) in [4.78, 5) is 25.5. The van der Waals surface area contributed by atoms with Crippen molar-refractivity contribution in [1.82, 2.24) is 15.0 Å². The van der Waals surface area contributed by atoms with Crippen molar-refractivity contribution < 1.29 is 13.7 Å². The summed E-state index contributed by atoms with van der Waals surface area (Å²) in [5.41, 5.74) is 2.24. The molecule has 0 amide bonds. The Morgan fingerprint density at radius 3 is 2.33 bits per heavy atom. The molecule has 0 bridgehead atoms. The molecule has 0 saturated carbocycles. The largest absolute Gasteiger partial charge is 0.497 e. The van der Waals surface area contributed by atoms with Gasteiger partial charge in [0.15, 0.2) is 5.82 Å². The maximum absolute atomic E-state index is 12.7. The van der Waals surface area contributed by atoms with Crippen LogP contribution < -0.4 is 15.0 Å². The Morgan fingerprint density at radius 1 is 0.933 bits per heavy atom. The summed E-state index contributed by atoms with van der Waals surface area (Å²) in [5, 5.41) is 0.348. The van der Waals surface area contributed by atoms with Gasteiger partial charge in [0.25, 0.3) is 5.56 Å². The molecule has 2 aromatic carbocycles. The average Bonchev–Trinajstić information content (AvgIpc) is 2.78. The first-order valence-corrected chi connectivity index (χ1v) is 10.6. The van der Waals surface area contributed by atoms with Gasteiger partial charge in [0.1, 0.15) is 22.6 Å². The van der Waals surface area contributed by atoms with Crippen LogP contribution in [-0.4, -0.2) is 39.6 Å². The number of nitrogens with zero attached hydrogens (tertiary/aromatic N) is 2. The first kappa shape index (κ1) is 19.8. The lowest BCUT2D eigenvalue weighted by Crippen LogP contribution is -2.11. The Kier molecular flexibility index (Phi) is 5.33. The van der Waals surface area contributed by atoms with E-state index in [2.05, 4.69) is 15.0 Å². The number of fused-ring (bicyclic) bond motifs is 1. The van der Waals surface area contributed by atoms with Crippen molar-refractivity contribution in [3.05, 3.63) is 65.0 Å². The summed E-state index contributed by atoms with van der Waals surface area (Å²) < 4.78 is 22.2. The van der Waals surface area contributed by atoms with E-state index in [-0.39, 0.29) is 5.56 Å². The zero-order valence-electron chi connectivity index (χ0n) is 16.6. The maximum Gasteiger partial charge on any atom is 0.262 e. The van der Waals surface area contributed by atoms with Gasteiger partial charge in [-0.15, -0.1) is 0 Å². The van der Waals surface area contributed by atoms with Crippen molar-refractivity contribution in [1.29, 1.82) is 0 Å². The molecule has 1 N–H and O–H groups in total. The highest BCUT2D eigenvalue weighted by atomic mass is 32.2. The topological polar surface area (TPSA) is 94.2 Å². The number of H-pyrrole nitrogens is 1. The van der Waals surface area contributed by atoms with Gasteiger partial charge in [-0.3, -0.25) is 9.00 Å². The zero-order valence-corrected chi connectivity index (χ0v) is 17.4. The van der Waals surface area contributed by atoms with E-state index in [1.54, 1.807) is 31.6 Å². The van der Waals surface area contributed by atoms with Crippen LogP contribution in [0.15, 0.2) is 64.3 Å². The summed E-state index contributed by atoms with van der Waals surface area (Å²) in [7, 11) is 1.99. The number of aromatic nitrogens is 3. The predicted molar refractivity (Wildman–Crippen MR) is 116 cm³/mol. The molecule has 1 unspecified atom stereocenters. The summed E-state index contributed by atoms with van der Waals surface area (Å²) in [6, 6.07) is 16.2. The van der Waals surface area contributed by atoms with Gasteiger partial charge in [-0.2, -0.15) is 0 Å². The van der Waals surface area contributed by atoms with Crippen molar-refractivity contribution in [2.24, 2.45) is 0 Å². The fourth-order valence-corrected chi connectivity index (χ4v) is 3.68. The van der Waals surface area contributed by atoms with Gasteiger partial charge in [-0.25, -0.2) is 9.97 Å². The lowest BCUT2D eigenvalue weighted by atomic mass is 10.1. The SMILES string of the molecule is COc1cc(OC)c2c(=O)[nH]c(-c3cccc(-c4ccc(S(C)=O)cc4)n3)nc2c1. The molecule has 4 rings (SSSR count). The summed E-state index contributed by atoms with van der Waals surface area (Å²) >= 11 is 0. The molecule has 0 spiro atoms. The van der Waals surface area contributed by atoms with Crippen LogP contribution in [0.4, 0.5) is 0 Å². The molecule has 0 radical (unpaired) electrons. The van der Waals surface area contributed by atoms with Crippen LogP contribution in [0.2, 0.25) is 0 Å². The second-order valence-electron chi connectivity index (χ2n) is 6.52. The quantitative estimate of drug-likeness (QED) is 0.531. The van der Waals surface area contributed by atoms with Gasteiger partial charge in [-0.05, 0) is 24.3 Å². The Morgan fingerprint density at radius 2 is 1.67 bits per heavy atom. The number of hydrogen-bond donors (Lipinski definition) is 1. The molecule has 0 fully saturated rings. The highest BCUT2D eigenvalue weighted by molar-refractivity contribution is 7.84. The van der Waals surface area contributed by atoms with Crippen LogP contribution >= 0.6 is 0 Å². The molecule has 1 atom stereocenters. The van der Waals surface area contributed by atoms with E-state index in [4.69, 9.17) is 9.47 Å². The summed E-state index contributed by atoms with van der Waals surface area (Å²) in [6.07, 6.45) is 1.64. The molecular formula is C22H19N3O4S. The Labute approximate surface area is 175 Å². The third-order valence-corrected chi connectivity index (χ3v) is 5.61. The van der Waals surface area contributed by atoms with Crippen LogP contribution in [0.25, 0.3) is 33.7 Å². The fraction of sp³-hybridized carbons (Fsp3) is 0.136. The van der Waals surface area contributed by atoms with E-state index in [9.17, 15) is 9.00 Å². The van der Waals surface area contributed by atoms with Gasteiger partial charge in [0.2, 0.25) is 0 Å². The molecule has 0 saturated heterocycles. The number of rotatable bonds is 5. The lowest BCUT2D eigenvalue weighted by molar-refractivity contribution is 0.397. The molecule has 0 aliphatic rings. The van der Waals surface area contributed by atoms with Crippen LogP contribution in [0, 0.1) is 0 Å². The maximum atomic E-state index is 12.7. The normalized spacial score (nSPS) is 12.0. The third kappa shape index (κ3) is 3.69. The predicted octanol–water partition coefficient (Wildman–Crippen LogP) is 3.41. The minimum absolute atomic E-state index is 0.323. The summed E-state index contributed by atoms with van der Waals surface area (Å²) in [6.45, 7) is 0. The standard InChI is InChI=1S/C22H19N3O4S/c1-28-14-11-18-20(19(12-14)29-2)22(26)25-21(24-18)17-6-4-5-16(23-17)13-7-9-15(10-8-13)30(3)27/h4-12H,1-3H3,(H,24,25,26). The Bertz CT molecular complexity index is 1320. The molecule has 0 aliphatic carbocycles. The number of ether oxygens (including phenoxy) is 2. The average molecular weight is 421 g/mol. The Hall–Kier alpha value is -3.52. The minimum atomic E-state index is -1.04. The Balaban J connectivity index is 1.82. The monoisotopic (exact) mass is 421 g/mol. The van der Waals surface area contributed by atoms with Crippen LogP contribution in [0.5, 0.6) is 11.5 Å². The van der Waals surface area contributed by atoms with E-state index in [1.165, 1.54) is 7.11 Å². The van der Waals surface area contributed by atoms with E-state index < -0.39 is 10.8 Å². The first-order valence-electron chi connectivity index (χ1n) is 9.07. The first-order chi connectivity index (χ1) is 14.5. The molecule has 2 aromatic heterocycles. The molecular weight excluding hydrogens is 402 g/mol. The van der Waals surface area contributed by atoms with E-state index >= 15 is 0 Å². The van der Waals surface area contributed by atoms with Crippen molar-refractivity contribution >= 4 is 21.7 Å². The van der Waals surface area contributed by atoms with Crippen LogP contribution in [-0.2, 0) is 10.8 Å². The fourth-order valence-electron chi connectivity index (χ4n) is 3.16. The van der Waals surface area contributed by atoms with Crippen molar-refractivity contribution in [3.8, 4) is 34.3 Å². The van der Waals surface area contributed by atoms with E-state index in [0.717, 1.165) is 10.5 Å². The number of pyridine rings is 1. The van der Waals surface area contributed by atoms with Gasteiger partial charge in [0.05, 0.1) is 25.4 Å². The highest BCUT2D eigenvalue weighted by Gasteiger charge is 2.14. The number of benzene rings is 2. The molecule has 8 heteroatoms. The molecule has 0 aliphatic heterocycles. The van der Waals surface area contributed by atoms with E-state index in [1.807, 2.05) is 36.4 Å². The highest BCUT2D eigenvalue weighted by Crippen LogP contribution is 2.29.